The van der Waals surface area contributed by atoms with Gasteiger partial charge in [-0.2, -0.15) is 0 Å². The molecule has 2 aliphatic rings. The van der Waals surface area contributed by atoms with E-state index in [9.17, 15) is 9.90 Å². The summed E-state index contributed by atoms with van der Waals surface area (Å²) in [5, 5.41) is 9.71. The minimum absolute atomic E-state index is 0.224. The van der Waals surface area contributed by atoms with Crippen molar-refractivity contribution in [1.29, 1.82) is 0 Å². The molecule has 0 aromatic rings. The number of hydrogen-bond acceptors (Lipinski definition) is 2. The van der Waals surface area contributed by atoms with E-state index >= 15 is 0 Å². The van der Waals surface area contributed by atoms with Crippen molar-refractivity contribution in [3.05, 3.63) is 11.1 Å². The van der Waals surface area contributed by atoms with E-state index in [-0.39, 0.29) is 6.10 Å². The van der Waals surface area contributed by atoms with E-state index in [2.05, 4.69) is 6.92 Å². The summed E-state index contributed by atoms with van der Waals surface area (Å²) in [5.74, 6) is 1.29. The molecule has 14 heavy (non-hydrogen) atoms. The van der Waals surface area contributed by atoms with Gasteiger partial charge in [-0.3, -0.25) is 4.79 Å². The molecule has 0 heterocycles. The first-order chi connectivity index (χ1) is 6.59. The molecular weight excluding hydrogens is 176 g/mol. The maximum absolute atomic E-state index is 11.6. The van der Waals surface area contributed by atoms with E-state index in [1.54, 1.807) is 0 Å². The van der Waals surface area contributed by atoms with Crippen LogP contribution in [0.25, 0.3) is 0 Å². The smallest absolute Gasteiger partial charge is 0.159 e. The second-order valence-electron chi connectivity index (χ2n) is 4.80. The maximum atomic E-state index is 11.6. The number of rotatable bonds is 0. The number of fused-ring (bicyclic) bond motifs is 1. The highest BCUT2D eigenvalue weighted by atomic mass is 16.3. The van der Waals surface area contributed by atoms with Gasteiger partial charge in [0.2, 0.25) is 0 Å². The van der Waals surface area contributed by atoms with E-state index in [0.29, 0.717) is 24.0 Å². The van der Waals surface area contributed by atoms with Crippen molar-refractivity contribution in [2.75, 3.05) is 0 Å². The molecule has 0 spiro atoms. The zero-order chi connectivity index (χ0) is 10.3. The highest BCUT2D eigenvalue weighted by Crippen LogP contribution is 2.41. The van der Waals surface area contributed by atoms with Gasteiger partial charge in [-0.15, -0.1) is 0 Å². The summed E-state index contributed by atoms with van der Waals surface area (Å²) in [4.78, 5) is 11.6. The van der Waals surface area contributed by atoms with Crippen molar-refractivity contribution < 1.29 is 9.90 Å². The summed E-state index contributed by atoms with van der Waals surface area (Å²) in [6.07, 6.45) is 3.14. The van der Waals surface area contributed by atoms with Gasteiger partial charge in [0.15, 0.2) is 5.78 Å². The van der Waals surface area contributed by atoms with Crippen molar-refractivity contribution in [1.82, 2.24) is 0 Å². The highest BCUT2D eigenvalue weighted by molar-refractivity contribution is 5.98. The molecule has 78 valence electrons. The van der Waals surface area contributed by atoms with Crippen molar-refractivity contribution in [3.8, 4) is 0 Å². The number of aliphatic hydroxyl groups is 1. The fourth-order valence-electron chi connectivity index (χ4n) is 2.79. The Bertz CT molecular complexity index is 291. The topological polar surface area (TPSA) is 37.3 Å². The SMILES string of the molecule is CC1=C2CC(O)CCC(C)C2CC1=O. The lowest BCUT2D eigenvalue weighted by atomic mass is 9.87. The monoisotopic (exact) mass is 194 g/mol. The summed E-state index contributed by atoms with van der Waals surface area (Å²) in [6, 6.07) is 0. The fourth-order valence-corrected chi connectivity index (χ4v) is 2.79. The average molecular weight is 194 g/mol. The van der Waals surface area contributed by atoms with Gasteiger partial charge >= 0.3 is 0 Å². The Hall–Kier alpha value is -0.630. The van der Waals surface area contributed by atoms with Crippen LogP contribution in [-0.4, -0.2) is 17.0 Å². The zero-order valence-electron chi connectivity index (χ0n) is 8.92. The number of carbonyl (C=O) groups excluding carboxylic acids is 1. The van der Waals surface area contributed by atoms with Gasteiger partial charge in [-0.25, -0.2) is 0 Å². The van der Waals surface area contributed by atoms with Gasteiger partial charge < -0.3 is 5.11 Å². The first kappa shape index (κ1) is 9.91. The molecule has 2 heteroatoms. The molecule has 2 aliphatic carbocycles. The third kappa shape index (κ3) is 1.52. The Morgan fingerprint density at radius 3 is 2.71 bits per heavy atom. The second kappa shape index (κ2) is 3.50. The lowest BCUT2D eigenvalue weighted by Gasteiger charge is -2.17. The molecule has 0 bridgehead atoms. The molecule has 1 fully saturated rings. The molecule has 1 N–H and O–H groups in total. The number of carbonyl (C=O) groups is 1. The normalized spacial score (nSPS) is 38.5. The van der Waals surface area contributed by atoms with Crippen molar-refractivity contribution >= 4 is 5.78 Å². The molecule has 0 amide bonds. The Balaban J connectivity index is 2.31. The van der Waals surface area contributed by atoms with Crippen LogP contribution in [0.4, 0.5) is 0 Å². The maximum Gasteiger partial charge on any atom is 0.159 e. The standard InChI is InChI=1S/C12H18O2/c1-7-3-4-9(13)5-11-8(2)12(14)6-10(7)11/h7,9-10,13H,3-6H2,1-2H3. The van der Waals surface area contributed by atoms with Gasteiger partial charge in [0.1, 0.15) is 0 Å². The minimum atomic E-state index is -0.224. The Morgan fingerprint density at radius 1 is 1.29 bits per heavy atom. The van der Waals surface area contributed by atoms with Crippen LogP contribution in [0, 0.1) is 11.8 Å². The Morgan fingerprint density at radius 2 is 2.00 bits per heavy atom. The number of allylic oxidation sites excluding steroid dienone is 1. The van der Waals surface area contributed by atoms with Crippen LogP contribution < -0.4 is 0 Å². The molecule has 0 aliphatic heterocycles. The van der Waals surface area contributed by atoms with E-state index in [1.807, 2.05) is 6.92 Å². The minimum Gasteiger partial charge on any atom is -0.393 e. The molecule has 2 nitrogen and oxygen atoms in total. The molecular formula is C12H18O2. The van der Waals surface area contributed by atoms with Gasteiger partial charge in [-0.1, -0.05) is 12.5 Å². The van der Waals surface area contributed by atoms with Gasteiger partial charge in [0.25, 0.3) is 0 Å². The summed E-state index contributed by atoms with van der Waals surface area (Å²) in [7, 11) is 0. The third-order valence-corrected chi connectivity index (χ3v) is 3.85. The van der Waals surface area contributed by atoms with Gasteiger partial charge in [-0.05, 0) is 43.6 Å². The predicted octanol–water partition coefficient (Wildman–Crippen LogP) is 2.07. The van der Waals surface area contributed by atoms with E-state index < -0.39 is 0 Å². The van der Waals surface area contributed by atoms with Crippen LogP contribution in [0.5, 0.6) is 0 Å². The van der Waals surface area contributed by atoms with Crippen LogP contribution in [0.3, 0.4) is 0 Å². The summed E-state index contributed by atoms with van der Waals surface area (Å²) in [6.45, 7) is 4.12. The molecule has 3 atom stereocenters. The fraction of sp³-hybridized carbons (Fsp3) is 0.750. The van der Waals surface area contributed by atoms with Crippen LogP contribution in [0.15, 0.2) is 11.1 Å². The molecule has 0 saturated heterocycles. The first-order valence-corrected chi connectivity index (χ1v) is 5.50. The van der Waals surface area contributed by atoms with Crippen LogP contribution in [0.1, 0.15) is 39.5 Å². The molecule has 0 aromatic carbocycles. The summed E-state index contributed by atoms with van der Waals surface area (Å²) in [5.41, 5.74) is 2.18. The number of hydrogen-bond donors (Lipinski definition) is 1. The Kier molecular flexibility index (Phi) is 2.48. The van der Waals surface area contributed by atoms with E-state index in [0.717, 1.165) is 24.8 Å². The molecule has 0 aromatic heterocycles. The number of aliphatic hydroxyl groups excluding tert-OH is 1. The van der Waals surface area contributed by atoms with Crippen molar-refractivity contribution in [3.63, 3.8) is 0 Å². The van der Waals surface area contributed by atoms with Crippen molar-refractivity contribution in [2.45, 2.75) is 45.6 Å². The van der Waals surface area contributed by atoms with Crippen molar-refractivity contribution in [2.24, 2.45) is 11.8 Å². The highest BCUT2D eigenvalue weighted by Gasteiger charge is 2.36. The summed E-state index contributed by atoms with van der Waals surface area (Å²) >= 11 is 0. The van der Waals surface area contributed by atoms with Crippen LogP contribution in [-0.2, 0) is 4.79 Å². The Labute approximate surface area is 85.0 Å². The molecule has 1 saturated carbocycles. The predicted molar refractivity (Wildman–Crippen MR) is 54.8 cm³/mol. The van der Waals surface area contributed by atoms with E-state index in [1.165, 1.54) is 5.57 Å². The number of ketones is 1. The molecule has 3 unspecified atom stereocenters. The van der Waals surface area contributed by atoms with Crippen LogP contribution in [0.2, 0.25) is 0 Å². The largest absolute Gasteiger partial charge is 0.393 e. The molecule has 0 radical (unpaired) electrons. The quantitative estimate of drug-likeness (QED) is 0.641. The number of Topliss-reactive ketones (excluding diaryl/α,β-unsaturated/α-hetero) is 1. The van der Waals surface area contributed by atoms with E-state index in [4.69, 9.17) is 0 Å². The summed E-state index contributed by atoms with van der Waals surface area (Å²) < 4.78 is 0. The second-order valence-corrected chi connectivity index (χ2v) is 4.80. The average Bonchev–Trinajstić information content (AvgIpc) is 2.33. The zero-order valence-corrected chi connectivity index (χ0v) is 8.92. The molecule has 2 rings (SSSR count). The first-order valence-electron chi connectivity index (χ1n) is 5.50. The lowest BCUT2D eigenvalue weighted by Crippen LogP contribution is -2.10. The third-order valence-electron chi connectivity index (χ3n) is 3.85. The lowest BCUT2D eigenvalue weighted by molar-refractivity contribution is -0.115. The van der Waals surface area contributed by atoms with Gasteiger partial charge in [0, 0.05) is 6.42 Å². The van der Waals surface area contributed by atoms with Gasteiger partial charge in [0.05, 0.1) is 6.10 Å². The van der Waals surface area contributed by atoms with Crippen LogP contribution >= 0.6 is 0 Å².